The second-order valence-corrected chi connectivity index (χ2v) is 4.55. The van der Waals surface area contributed by atoms with Gasteiger partial charge in [-0.1, -0.05) is 0 Å². The fraction of sp³-hybridized carbons (Fsp3) is 0.727. The van der Waals surface area contributed by atoms with E-state index in [9.17, 15) is 0 Å². The highest BCUT2D eigenvalue weighted by atomic mass is 15.3. The predicted octanol–water partition coefficient (Wildman–Crippen LogP) is 0.652. The number of nitrogens with zero attached hydrogens (tertiary/aromatic N) is 3. The molecule has 2 N–H and O–H groups in total. The maximum absolute atomic E-state index is 5.96. The molecule has 0 radical (unpaired) electrons. The Bertz CT molecular complexity index is 331. The summed E-state index contributed by atoms with van der Waals surface area (Å²) in [5.74, 6) is 0. The minimum Gasteiger partial charge on any atom is -0.327 e. The molecule has 1 aliphatic heterocycles. The van der Waals surface area contributed by atoms with E-state index < -0.39 is 0 Å². The third-order valence-corrected chi connectivity index (χ3v) is 3.05. The second-order valence-electron chi connectivity index (χ2n) is 4.55. The molecule has 4 heteroatoms. The molecule has 0 saturated carbocycles. The summed E-state index contributed by atoms with van der Waals surface area (Å²) in [4.78, 5) is 2.43. The first-order valence-electron chi connectivity index (χ1n) is 5.62. The molecule has 4 nitrogen and oxygen atoms in total. The summed E-state index contributed by atoms with van der Waals surface area (Å²) in [5.41, 5.74) is 8.42. The smallest absolute Gasteiger partial charge is 0.0638 e. The number of rotatable bonds is 2. The molecule has 0 bridgehead atoms. The minimum absolute atomic E-state index is 0.357. The molecule has 2 heterocycles. The molecule has 0 unspecified atom stereocenters. The quantitative estimate of drug-likeness (QED) is 0.776. The molecule has 84 valence electrons. The van der Waals surface area contributed by atoms with Crippen LogP contribution >= 0.6 is 0 Å². The van der Waals surface area contributed by atoms with Crippen LogP contribution in [-0.2, 0) is 13.6 Å². The van der Waals surface area contributed by atoms with Crippen LogP contribution in [0.1, 0.15) is 24.1 Å². The molecule has 1 saturated heterocycles. The van der Waals surface area contributed by atoms with Gasteiger partial charge in [0.25, 0.3) is 0 Å². The van der Waals surface area contributed by atoms with Crippen LogP contribution < -0.4 is 5.73 Å². The average molecular weight is 208 g/mol. The van der Waals surface area contributed by atoms with E-state index in [1.165, 1.54) is 24.9 Å². The molecule has 1 aromatic heterocycles. The van der Waals surface area contributed by atoms with Gasteiger partial charge in [-0.15, -0.1) is 0 Å². The molecule has 15 heavy (non-hydrogen) atoms. The summed E-state index contributed by atoms with van der Waals surface area (Å²) in [7, 11) is 1.97. The zero-order valence-corrected chi connectivity index (χ0v) is 9.61. The summed E-state index contributed by atoms with van der Waals surface area (Å²) in [6.45, 7) is 5.25. The Morgan fingerprint density at radius 2 is 2.40 bits per heavy atom. The van der Waals surface area contributed by atoms with E-state index in [-0.39, 0.29) is 0 Å². The molecule has 0 aromatic carbocycles. The van der Waals surface area contributed by atoms with Crippen LogP contribution in [0.25, 0.3) is 0 Å². The van der Waals surface area contributed by atoms with Gasteiger partial charge >= 0.3 is 0 Å². The first-order chi connectivity index (χ1) is 7.15. The summed E-state index contributed by atoms with van der Waals surface area (Å²) in [6, 6.07) is 0.357. The van der Waals surface area contributed by atoms with Gasteiger partial charge in [0, 0.05) is 37.9 Å². The fourth-order valence-corrected chi connectivity index (χ4v) is 2.28. The highest BCUT2D eigenvalue weighted by molar-refractivity contribution is 5.15. The normalized spacial score (nSPS) is 23.3. The number of hydrogen-bond acceptors (Lipinski definition) is 3. The van der Waals surface area contributed by atoms with Crippen molar-refractivity contribution in [2.75, 3.05) is 13.1 Å². The Morgan fingerprint density at radius 1 is 1.60 bits per heavy atom. The molecule has 2 rings (SSSR count). The lowest BCUT2D eigenvalue weighted by atomic mass is 10.1. The number of aryl methyl sites for hydroxylation is 2. The molecule has 0 aliphatic carbocycles. The van der Waals surface area contributed by atoms with Crippen LogP contribution in [0, 0.1) is 6.92 Å². The number of nitrogens with two attached hydrogens (primary N) is 1. The predicted molar refractivity (Wildman–Crippen MR) is 60.4 cm³/mol. The van der Waals surface area contributed by atoms with Gasteiger partial charge in [-0.3, -0.25) is 9.58 Å². The molecule has 1 aromatic rings. The molecular weight excluding hydrogens is 188 g/mol. The van der Waals surface area contributed by atoms with Crippen LogP contribution in [0.15, 0.2) is 6.20 Å². The first-order valence-corrected chi connectivity index (χ1v) is 5.62. The summed E-state index contributed by atoms with van der Waals surface area (Å²) < 4.78 is 1.88. The number of aromatic nitrogens is 2. The van der Waals surface area contributed by atoms with Crippen molar-refractivity contribution in [1.29, 1.82) is 0 Å². The van der Waals surface area contributed by atoms with Crippen molar-refractivity contribution in [3.8, 4) is 0 Å². The van der Waals surface area contributed by atoms with E-state index in [0.717, 1.165) is 18.8 Å². The van der Waals surface area contributed by atoms with Crippen LogP contribution in [0.3, 0.4) is 0 Å². The topological polar surface area (TPSA) is 47.1 Å². The van der Waals surface area contributed by atoms with E-state index in [4.69, 9.17) is 5.73 Å². The summed E-state index contributed by atoms with van der Waals surface area (Å²) in [6.07, 6.45) is 4.50. The number of piperidine rings is 1. The van der Waals surface area contributed by atoms with E-state index in [1.807, 2.05) is 11.7 Å². The van der Waals surface area contributed by atoms with Crippen molar-refractivity contribution in [3.05, 3.63) is 17.5 Å². The van der Waals surface area contributed by atoms with Gasteiger partial charge in [0.05, 0.1) is 5.69 Å². The maximum atomic E-state index is 5.96. The van der Waals surface area contributed by atoms with E-state index in [1.54, 1.807) is 0 Å². The van der Waals surface area contributed by atoms with Gasteiger partial charge in [-0.2, -0.15) is 5.10 Å². The first kappa shape index (κ1) is 10.6. The van der Waals surface area contributed by atoms with Crippen molar-refractivity contribution in [3.63, 3.8) is 0 Å². The maximum Gasteiger partial charge on any atom is 0.0638 e. The molecule has 0 amide bonds. The fourth-order valence-electron chi connectivity index (χ4n) is 2.28. The number of hydrogen-bond donors (Lipinski definition) is 1. The van der Waals surface area contributed by atoms with E-state index in [0.29, 0.717) is 6.04 Å². The minimum atomic E-state index is 0.357. The van der Waals surface area contributed by atoms with Gasteiger partial charge < -0.3 is 5.73 Å². The summed E-state index contributed by atoms with van der Waals surface area (Å²) >= 11 is 0. The van der Waals surface area contributed by atoms with Crippen LogP contribution in [0.5, 0.6) is 0 Å². The van der Waals surface area contributed by atoms with Crippen LogP contribution in [-0.4, -0.2) is 33.8 Å². The Kier molecular flexibility index (Phi) is 3.07. The van der Waals surface area contributed by atoms with E-state index in [2.05, 4.69) is 23.1 Å². The van der Waals surface area contributed by atoms with Crippen LogP contribution in [0.2, 0.25) is 0 Å². The second kappa shape index (κ2) is 4.33. The molecule has 1 atom stereocenters. The lowest BCUT2D eigenvalue weighted by Crippen LogP contribution is -2.42. The molecule has 1 aliphatic rings. The Balaban J connectivity index is 1.99. The zero-order valence-electron chi connectivity index (χ0n) is 9.61. The highest BCUT2D eigenvalue weighted by Crippen LogP contribution is 2.14. The van der Waals surface area contributed by atoms with Crippen molar-refractivity contribution in [2.45, 2.75) is 32.4 Å². The van der Waals surface area contributed by atoms with Crippen molar-refractivity contribution in [2.24, 2.45) is 12.8 Å². The third-order valence-electron chi connectivity index (χ3n) is 3.05. The average Bonchev–Trinajstić information content (AvgIpc) is 2.45. The molecule has 1 fully saturated rings. The number of likely N-dealkylation sites (tertiary alicyclic amines) is 1. The van der Waals surface area contributed by atoms with Crippen molar-refractivity contribution >= 4 is 0 Å². The highest BCUT2D eigenvalue weighted by Gasteiger charge is 2.17. The van der Waals surface area contributed by atoms with Gasteiger partial charge in [-0.25, -0.2) is 0 Å². The monoisotopic (exact) mass is 208 g/mol. The van der Waals surface area contributed by atoms with Crippen LogP contribution in [0.4, 0.5) is 0 Å². The Hall–Kier alpha value is -0.870. The largest absolute Gasteiger partial charge is 0.327 e. The zero-order chi connectivity index (χ0) is 10.8. The Labute approximate surface area is 91.1 Å². The van der Waals surface area contributed by atoms with E-state index >= 15 is 0 Å². The standard InChI is InChI=1S/C11H20N4/c1-9-10(6-14(2)13-9)7-15-5-3-4-11(12)8-15/h6,11H,3-5,7-8,12H2,1-2H3/t11-/m1/s1. The molecular formula is C11H20N4. The lowest BCUT2D eigenvalue weighted by molar-refractivity contribution is 0.201. The summed E-state index contributed by atoms with van der Waals surface area (Å²) in [5, 5.41) is 4.35. The van der Waals surface area contributed by atoms with Gasteiger partial charge in [0.2, 0.25) is 0 Å². The lowest BCUT2D eigenvalue weighted by Gasteiger charge is -2.30. The van der Waals surface area contributed by atoms with Gasteiger partial charge in [-0.05, 0) is 26.3 Å². The molecule has 0 spiro atoms. The third kappa shape index (κ3) is 2.58. The SMILES string of the molecule is Cc1nn(C)cc1CN1CCC[C@@H](N)C1. The van der Waals surface area contributed by atoms with Gasteiger partial charge in [0.1, 0.15) is 0 Å². The van der Waals surface area contributed by atoms with Crippen molar-refractivity contribution < 1.29 is 0 Å². The van der Waals surface area contributed by atoms with Crippen molar-refractivity contribution in [1.82, 2.24) is 14.7 Å². The Morgan fingerprint density at radius 3 is 3.00 bits per heavy atom. The van der Waals surface area contributed by atoms with Gasteiger partial charge in [0.15, 0.2) is 0 Å².